The Labute approximate surface area is 149 Å². The van der Waals surface area contributed by atoms with Crippen LogP contribution in [0.15, 0.2) is 24.3 Å². The molecular weight excluding hydrogens is 318 g/mol. The Morgan fingerprint density at radius 2 is 1.92 bits per heavy atom. The molecule has 0 saturated carbocycles. The second-order valence-electron chi connectivity index (χ2n) is 6.45. The molecule has 1 aliphatic heterocycles. The normalized spacial score (nSPS) is 15.8. The van der Waals surface area contributed by atoms with Gasteiger partial charge in [-0.1, -0.05) is 25.1 Å². The van der Waals surface area contributed by atoms with Crippen LogP contribution in [0.3, 0.4) is 0 Å². The Bertz CT molecular complexity index is 569. The van der Waals surface area contributed by atoms with Crippen molar-refractivity contribution in [3.8, 4) is 0 Å². The molecule has 0 aromatic heterocycles. The van der Waals surface area contributed by atoms with E-state index in [4.69, 9.17) is 4.74 Å². The number of anilines is 1. The van der Waals surface area contributed by atoms with Gasteiger partial charge >= 0.3 is 11.8 Å². The first-order valence-corrected chi connectivity index (χ1v) is 9.02. The van der Waals surface area contributed by atoms with Crippen LogP contribution in [0.25, 0.3) is 0 Å². The highest BCUT2D eigenvalue weighted by Gasteiger charge is 2.21. The fourth-order valence-electron chi connectivity index (χ4n) is 3.08. The van der Waals surface area contributed by atoms with E-state index >= 15 is 0 Å². The summed E-state index contributed by atoms with van der Waals surface area (Å²) in [5.74, 6) is -0.732. The Kier molecular flexibility index (Phi) is 7.88. The van der Waals surface area contributed by atoms with Crippen LogP contribution >= 0.6 is 0 Å². The predicted octanol–water partition coefficient (Wildman–Crippen LogP) is 1.66. The quantitative estimate of drug-likeness (QED) is 0.736. The number of methoxy groups -OCH3 is 1. The standard InChI is InChI=1S/C19H29N3O3/c1-3-16-6-4-5-7-17(16)21-19(24)18(23)20-14-15-8-10-22(11-9-15)12-13-25-2/h4-7,15H,3,8-14H2,1-2H3,(H,20,23)(H,21,24). The monoisotopic (exact) mass is 347 g/mol. The lowest BCUT2D eigenvalue weighted by Gasteiger charge is -2.31. The molecule has 2 amide bonds. The lowest BCUT2D eigenvalue weighted by atomic mass is 9.97. The third kappa shape index (κ3) is 6.14. The number of carbonyl (C=O) groups is 2. The molecule has 6 nitrogen and oxygen atoms in total. The molecule has 25 heavy (non-hydrogen) atoms. The molecule has 0 bridgehead atoms. The van der Waals surface area contributed by atoms with E-state index in [1.807, 2.05) is 31.2 Å². The number of hydrogen-bond donors (Lipinski definition) is 2. The lowest BCUT2D eigenvalue weighted by Crippen LogP contribution is -2.42. The van der Waals surface area contributed by atoms with Gasteiger partial charge in [0.2, 0.25) is 0 Å². The van der Waals surface area contributed by atoms with E-state index in [9.17, 15) is 9.59 Å². The van der Waals surface area contributed by atoms with Gasteiger partial charge in [0.15, 0.2) is 0 Å². The average molecular weight is 347 g/mol. The fraction of sp³-hybridized carbons (Fsp3) is 0.579. The Hall–Kier alpha value is -1.92. The molecule has 2 rings (SSSR count). The maximum absolute atomic E-state index is 12.1. The van der Waals surface area contributed by atoms with Gasteiger partial charge in [0.1, 0.15) is 0 Å². The van der Waals surface area contributed by atoms with E-state index in [1.165, 1.54) is 0 Å². The van der Waals surface area contributed by atoms with Crippen molar-refractivity contribution in [2.24, 2.45) is 5.92 Å². The second kappa shape index (κ2) is 10.2. The SMILES string of the molecule is CCc1ccccc1NC(=O)C(=O)NCC1CCN(CCOC)CC1. The first-order valence-electron chi connectivity index (χ1n) is 9.02. The van der Waals surface area contributed by atoms with Gasteiger partial charge in [0.25, 0.3) is 0 Å². The van der Waals surface area contributed by atoms with Gasteiger partial charge in [-0.3, -0.25) is 9.59 Å². The predicted molar refractivity (Wildman–Crippen MR) is 98.5 cm³/mol. The number of para-hydroxylation sites is 1. The van der Waals surface area contributed by atoms with Gasteiger partial charge in [-0.2, -0.15) is 0 Å². The van der Waals surface area contributed by atoms with Crippen LogP contribution in [-0.4, -0.2) is 56.6 Å². The van der Waals surface area contributed by atoms with Crippen molar-refractivity contribution in [3.63, 3.8) is 0 Å². The molecule has 0 atom stereocenters. The van der Waals surface area contributed by atoms with Crippen molar-refractivity contribution in [2.45, 2.75) is 26.2 Å². The summed E-state index contributed by atoms with van der Waals surface area (Å²) in [6, 6.07) is 7.54. The molecular formula is C19H29N3O3. The van der Waals surface area contributed by atoms with Gasteiger partial charge in [-0.15, -0.1) is 0 Å². The molecule has 1 saturated heterocycles. The molecule has 0 radical (unpaired) electrons. The van der Waals surface area contributed by atoms with Crippen molar-refractivity contribution in [2.75, 3.05) is 45.2 Å². The van der Waals surface area contributed by atoms with E-state index in [-0.39, 0.29) is 0 Å². The summed E-state index contributed by atoms with van der Waals surface area (Å²) in [5, 5.41) is 5.48. The van der Waals surface area contributed by atoms with Gasteiger partial charge in [0, 0.05) is 25.9 Å². The summed E-state index contributed by atoms with van der Waals surface area (Å²) in [6.07, 6.45) is 2.87. The van der Waals surface area contributed by atoms with Gasteiger partial charge < -0.3 is 20.3 Å². The van der Waals surface area contributed by atoms with Crippen molar-refractivity contribution < 1.29 is 14.3 Å². The zero-order chi connectivity index (χ0) is 18.1. The minimum absolute atomic E-state index is 0.429. The van der Waals surface area contributed by atoms with Crippen molar-refractivity contribution >= 4 is 17.5 Å². The molecule has 1 fully saturated rings. The molecule has 0 unspecified atom stereocenters. The highest BCUT2D eigenvalue weighted by Crippen LogP contribution is 2.17. The highest BCUT2D eigenvalue weighted by molar-refractivity contribution is 6.39. The third-order valence-electron chi connectivity index (χ3n) is 4.72. The zero-order valence-electron chi connectivity index (χ0n) is 15.2. The van der Waals surface area contributed by atoms with Gasteiger partial charge in [-0.25, -0.2) is 0 Å². The van der Waals surface area contributed by atoms with Crippen molar-refractivity contribution in [3.05, 3.63) is 29.8 Å². The van der Waals surface area contributed by atoms with Crippen LogP contribution in [0, 0.1) is 5.92 Å². The second-order valence-corrected chi connectivity index (χ2v) is 6.45. The maximum atomic E-state index is 12.1. The first-order chi connectivity index (χ1) is 12.1. The Morgan fingerprint density at radius 1 is 1.20 bits per heavy atom. The number of likely N-dealkylation sites (tertiary alicyclic amines) is 1. The molecule has 0 spiro atoms. The van der Waals surface area contributed by atoms with E-state index in [1.54, 1.807) is 7.11 Å². The first kappa shape index (κ1) is 19.4. The van der Waals surface area contributed by atoms with E-state index in [0.29, 0.717) is 18.2 Å². The van der Waals surface area contributed by atoms with Crippen molar-refractivity contribution in [1.29, 1.82) is 0 Å². The number of benzene rings is 1. The molecule has 1 aromatic carbocycles. The Balaban J connectivity index is 1.72. The number of aryl methyl sites for hydroxylation is 1. The van der Waals surface area contributed by atoms with Crippen molar-refractivity contribution in [1.82, 2.24) is 10.2 Å². The van der Waals surface area contributed by atoms with Crippen LogP contribution in [-0.2, 0) is 20.7 Å². The van der Waals surface area contributed by atoms with Gasteiger partial charge in [-0.05, 0) is 49.9 Å². The number of rotatable bonds is 7. The highest BCUT2D eigenvalue weighted by atomic mass is 16.5. The summed E-state index contributed by atoms with van der Waals surface area (Å²) in [4.78, 5) is 26.5. The number of hydrogen-bond acceptors (Lipinski definition) is 4. The number of nitrogens with zero attached hydrogens (tertiary/aromatic N) is 1. The van der Waals surface area contributed by atoms with Crippen LogP contribution in [0.1, 0.15) is 25.3 Å². The summed E-state index contributed by atoms with van der Waals surface area (Å²) >= 11 is 0. The lowest BCUT2D eigenvalue weighted by molar-refractivity contribution is -0.136. The smallest absolute Gasteiger partial charge is 0.313 e. The fourth-order valence-corrected chi connectivity index (χ4v) is 3.08. The number of amides is 2. The van der Waals surface area contributed by atoms with E-state index < -0.39 is 11.8 Å². The summed E-state index contributed by atoms with van der Waals surface area (Å²) in [5.41, 5.74) is 1.73. The number of carbonyl (C=O) groups excluding carboxylic acids is 2. The minimum Gasteiger partial charge on any atom is -0.383 e. The third-order valence-corrected chi connectivity index (χ3v) is 4.72. The molecule has 1 aromatic rings. The molecule has 0 aliphatic carbocycles. The van der Waals surface area contributed by atoms with E-state index in [2.05, 4.69) is 15.5 Å². The molecule has 2 N–H and O–H groups in total. The number of piperidine rings is 1. The molecule has 1 heterocycles. The van der Waals surface area contributed by atoms with Crippen LogP contribution < -0.4 is 10.6 Å². The largest absolute Gasteiger partial charge is 0.383 e. The summed E-state index contributed by atoms with van der Waals surface area (Å²) in [6.45, 7) is 6.30. The summed E-state index contributed by atoms with van der Waals surface area (Å²) in [7, 11) is 1.71. The molecule has 138 valence electrons. The van der Waals surface area contributed by atoms with Crippen LogP contribution in [0.5, 0.6) is 0 Å². The maximum Gasteiger partial charge on any atom is 0.313 e. The zero-order valence-corrected chi connectivity index (χ0v) is 15.2. The minimum atomic E-state index is -0.599. The number of nitrogens with one attached hydrogen (secondary N) is 2. The molecule has 6 heteroatoms. The summed E-state index contributed by atoms with van der Waals surface area (Å²) < 4.78 is 5.10. The average Bonchev–Trinajstić information content (AvgIpc) is 2.65. The number of ether oxygens (including phenoxy) is 1. The van der Waals surface area contributed by atoms with E-state index in [0.717, 1.165) is 51.1 Å². The topological polar surface area (TPSA) is 70.7 Å². The van der Waals surface area contributed by atoms with Crippen LogP contribution in [0.4, 0.5) is 5.69 Å². The van der Waals surface area contributed by atoms with Crippen LogP contribution in [0.2, 0.25) is 0 Å². The van der Waals surface area contributed by atoms with Gasteiger partial charge in [0.05, 0.1) is 6.61 Å². The molecule has 1 aliphatic rings. The Morgan fingerprint density at radius 3 is 2.60 bits per heavy atom.